The van der Waals surface area contributed by atoms with Gasteiger partial charge in [-0.15, -0.1) is 0 Å². The van der Waals surface area contributed by atoms with E-state index < -0.39 is 0 Å². The molecule has 24 heavy (non-hydrogen) atoms. The highest BCUT2D eigenvalue weighted by Crippen LogP contribution is 2.22. The van der Waals surface area contributed by atoms with Crippen molar-refractivity contribution in [2.24, 2.45) is 5.92 Å². The second kappa shape index (κ2) is 8.52. The summed E-state index contributed by atoms with van der Waals surface area (Å²) < 4.78 is 0. The number of piperidine rings is 1. The number of nitrogens with zero attached hydrogens (tertiary/aromatic N) is 3. The van der Waals surface area contributed by atoms with Crippen molar-refractivity contribution in [3.8, 4) is 0 Å². The Morgan fingerprint density at radius 2 is 1.75 bits per heavy atom. The molecule has 2 aliphatic rings. The number of rotatable bonds is 4. The molecule has 0 saturated carbocycles. The maximum atomic E-state index is 12.7. The zero-order valence-electron chi connectivity index (χ0n) is 15.0. The minimum Gasteiger partial charge on any atom is -0.370 e. The van der Waals surface area contributed by atoms with Crippen molar-refractivity contribution in [3.05, 3.63) is 30.3 Å². The molecule has 0 aromatic heterocycles. The summed E-state index contributed by atoms with van der Waals surface area (Å²) >= 11 is 0. The van der Waals surface area contributed by atoms with Crippen LogP contribution < -0.4 is 4.90 Å². The normalized spacial score (nSPS) is 20.9. The number of hydrogen-bond donors (Lipinski definition) is 0. The number of likely N-dealkylation sites (tertiary alicyclic amines) is 1. The zero-order chi connectivity index (χ0) is 16.8. The first-order chi connectivity index (χ1) is 11.8. The molecule has 1 aromatic carbocycles. The number of amides is 1. The van der Waals surface area contributed by atoms with Crippen LogP contribution in [0.1, 0.15) is 32.6 Å². The Labute approximate surface area is 146 Å². The molecule has 0 bridgehead atoms. The lowest BCUT2D eigenvalue weighted by Crippen LogP contribution is -2.38. The molecule has 0 spiro atoms. The van der Waals surface area contributed by atoms with Crippen LogP contribution in [0.2, 0.25) is 0 Å². The van der Waals surface area contributed by atoms with Gasteiger partial charge in [0.25, 0.3) is 0 Å². The monoisotopic (exact) mass is 329 g/mol. The topological polar surface area (TPSA) is 26.8 Å². The first kappa shape index (κ1) is 17.3. The molecule has 0 aliphatic carbocycles. The summed E-state index contributed by atoms with van der Waals surface area (Å²) in [4.78, 5) is 19.7. The Bertz CT molecular complexity index is 511. The van der Waals surface area contributed by atoms with Crippen LogP contribution >= 0.6 is 0 Å². The van der Waals surface area contributed by atoms with Crippen molar-refractivity contribution in [2.75, 3.05) is 50.7 Å². The summed E-state index contributed by atoms with van der Waals surface area (Å²) in [6.07, 6.45) is 4.19. The van der Waals surface area contributed by atoms with Gasteiger partial charge in [-0.1, -0.05) is 25.1 Å². The minimum absolute atomic E-state index is 0.375. The van der Waals surface area contributed by atoms with Crippen LogP contribution in [0.25, 0.3) is 0 Å². The second-order valence-corrected chi connectivity index (χ2v) is 7.14. The average molecular weight is 329 g/mol. The number of para-hydroxylation sites is 1. The highest BCUT2D eigenvalue weighted by Gasteiger charge is 2.24. The largest absolute Gasteiger partial charge is 0.370 e. The van der Waals surface area contributed by atoms with Gasteiger partial charge in [0.15, 0.2) is 0 Å². The lowest BCUT2D eigenvalue weighted by Gasteiger charge is -2.32. The van der Waals surface area contributed by atoms with E-state index >= 15 is 0 Å². The van der Waals surface area contributed by atoms with Crippen LogP contribution in [-0.2, 0) is 4.79 Å². The summed E-state index contributed by atoms with van der Waals surface area (Å²) in [7, 11) is 0. The van der Waals surface area contributed by atoms with Gasteiger partial charge in [0.2, 0.25) is 5.91 Å². The highest BCUT2D eigenvalue weighted by atomic mass is 16.2. The lowest BCUT2D eigenvalue weighted by molar-refractivity contribution is -0.132. The van der Waals surface area contributed by atoms with Crippen LogP contribution in [0.4, 0.5) is 5.69 Å². The molecule has 132 valence electrons. The molecular formula is C20H31N3O. The van der Waals surface area contributed by atoms with E-state index in [1.54, 1.807) is 0 Å². The van der Waals surface area contributed by atoms with E-state index in [2.05, 4.69) is 52.0 Å². The fourth-order valence-corrected chi connectivity index (χ4v) is 3.95. The fourth-order valence-electron chi connectivity index (χ4n) is 3.95. The Kier molecular flexibility index (Phi) is 6.13. The first-order valence-corrected chi connectivity index (χ1v) is 9.56. The van der Waals surface area contributed by atoms with E-state index in [1.807, 2.05) is 0 Å². The van der Waals surface area contributed by atoms with Gasteiger partial charge in [0.1, 0.15) is 0 Å². The van der Waals surface area contributed by atoms with Crippen LogP contribution in [0.15, 0.2) is 30.3 Å². The Morgan fingerprint density at radius 1 is 1.00 bits per heavy atom. The smallest absolute Gasteiger partial charge is 0.222 e. The summed E-state index contributed by atoms with van der Waals surface area (Å²) in [6.45, 7) is 9.46. The number of carbonyl (C=O) groups excluding carboxylic acids is 1. The number of hydrogen-bond acceptors (Lipinski definition) is 3. The first-order valence-electron chi connectivity index (χ1n) is 9.56. The fraction of sp³-hybridized carbons (Fsp3) is 0.650. The standard InChI is InChI=1S/C20H31N3O/c1-2-21-13-9-18(10-14-21)17-20(24)23-12-6-11-22(15-16-23)19-7-4-3-5-8-19/h3-5,7-8,18H,2,6,9-17H2,1H3. The van der Waals surface area contributed by atoms with Gasteiger partial charge in [-0.2, -0.15) is 0 Å². The molecule has 2 fully saturated rings. The summed E-state index contributed by atoms with van der Waals surface area (Å²) in [5, 5.41) is 0. The number of anilines is 1. The van der Waals surface area contributed by atoms with E-state index in [-0.39, 0.29) is 0 Å². The van der Waals surface area contributed by atoms with Crippen molar-refractivity contribution in [1.82, 2.24) is 9.80 Å². The van der Waals surface area contributed by atoms with E-state index in [0.29, 0.717) is 11.8 Å². The highest BCUT2D eigenvalue weighted by molar-refractivity contribution is 5.76. The van der Waals surface area contributed by atoms with Gasteiger partial charge in [0.05, 0.1) is 0 Å². The predicted octanol–water partition coefficient (Wildman–Crippen LogP) is 2.85. The minimum atomic E-state index is 0.375. The molecule has 1 amide bonds. The average Bonchev–Trinajstić information content (AvgIpc) is 2.89. The van der Waals surface area contributed by atoms with Gasteiger partial charge < -0.3 is 14.7 Å². The summed E-state index contributed by atoms with van der Waals surface area (Å²) in [5.74, 6) is 0.966. The van der Waals surface area contributed by atoms with Crippen LogP contribution in [0.5, 0.6) is 0 Å². The molecule has 0 unspecified atom stereocenters. The van der Waals surface area contributed by atoms with E-state index in [9.17, 15) is 4.79 Å². The van der Waals surface area contributed by atoms with E-state index in [0.717, 1.165) is 58.7 Å². The third kappa shape index (κ3) is 4.50. The van der Waals surface area contributed by atoms with Gasteiger partial charge in [-0.05, 0) is 56.9 Å². The molecule has 2 heterocycles. The maximum absolute atomic E-state index is 12.7. The third-order valence-corrected chi connectivity index (χ3v) is 5.59. The zero-order valence-corrected chi connectivity index (χ0v) is 15.0. The van der Waals surface area contributed by atoms with Crippen molar-refractivity contribution in [3.63, 3.8) is 0 Å². The summed E-state index contributed by atoms with van der Waals surface area (Å²) in [6, 6.07) is 10.6. The SMILES string of the molecule is CCN1CCC(CC(=O)N2CCCN(c3ccccc3)CC2)CC1. The molecule has 0 radical (unpaired) electrons. The van der Waals surface area contributed by atoms with Gasteiger partial charge in [-0.3, -0.25) is 4.79 Å². The molecule has 1 aromatic rings. The molecular weight excluding hydrogens is 298 g/mol. The van der Waals surface area contributed by atoms with Crippen molar-refractivity contribution in [1.29, 1.82) is 0 Å². The van der Waals surface area contributed by atoms with Gasteiger partial charge in [0, 0.05) is 38.3 Å². The third-order valence-electron chi connectivity index (χ3n) is 5.59. The van der Waals surface area contributed by atoms with Crippen LogP contribution in [-0.4, -0.2) is 61.5 Å². The number of benzene rings is 1. The van der Waals surface area contributed by atoms with Crippen molar-refractivity contribution >= 4 is 11.6 Å². The van der Waals surface area contributed by atoms with Crippen molar-refractivity contribution in [2.45, 2.75) is 32.6 Å². The van der Waals surface area contributed by atoms with Crippen LogP contribution in [0, 0.1) is 5.92 Å². The quantitative estimate of drug-likeness (QED) is 0.850. The molecule has 0 atom stereocenters. The molecule has 4 nitrogen and oxygen atoms in total. The molecule has 2 saturated heterocycles. The lowest BCUT2D eigenvalue weighted by atomic mass is 9.93. The molecule has 4 heteroatoms. The van der Waals surface area contributed by atoms with Gasteiger partial charge >= 0.3 is 0 Å². The van der Waals surface area contributed by atoms with Crippen molar-refractivity contribution < 1.29 is 4.79 Å². The predicted molar refractivity (Wildman–Crippen MR) is 99.3 cm³/mol. The maximum Gasteiger partial charge on any atom is 0.222 e. The van der Waals surface area contributed by atoms with E-state index in [1.165, 1.54) is 18.5 Å². The van der Waals surface area contributed by atoms with Gasteiger partial charge in [-0.25, -0.2) is 0 Å². The Balaban J connectivity index is 1.48. The molecule has 3 rings (SSSR count). The second-order valence-electron chi connectivity index (χ2n) is 7.14. The molecule has 0 N–H and O–H groups in total. The summed E-state index contributed by atoms with van der Waals surface area (Å²) in [5.41, 5.74) is 1.28. The Morgan fingerprint density at radius 3 is 2.46 bits per heavy atom. The van der Waals surface area contributed by atoms with Crippen LogP contribution in [0.3, 0.4) is 0 Å². The van der Waals surface area contributed by atoms with E-state index in [4.69, 9.17) is 0 Å². The Hall–Kier alpha value is -1.55. The number of carbonyl (C=O) groups is 1. The molecule has 2 aliphatic heterocycles.